The van der Waals surface area contributed by atoms with Crippen LogP contribution in [-0.4, -0.2) is 25.5 Å². The molecule has 0 spiro atoms. The predicted molar refractivity (Wildman–Crippen MR) is 110 cm³/mol. The highest BCUT2D eigenvalue weighted by molar-refractivity contribution is 5.92. The number of fused-ring (bicyclic) bond motifs is 1. The van der Waals surface area contributed by atoms with E-state index in [1.807, 2.05) is 71.9 Å². The van der Waals surface area contributed by atoms with Crippen molar-refractivity contribution < 1.29 is 5.11 Å². The average Bonchev–Trinajstić information content (AvgIpc) is 2.73. The fourth-order valence-electron chi connectivity index (χ4n) is 1.64. The topological polar surface area (TPSA) is 94.4 Å². The molecule has 0 unspecified atom stereocenters. The Labute approximate surface area is 157 Å². The van der Waals surface area contributed by atoms with E-state index >= 15 is 0 Å². The van der Waals surface area contributed by atoms with Crippen molar-refractivity contribution in [1.82, 2.24) is 0 Å². The maximum Gasteiger partial charge on any atom is 0.171 e. The van der Waals surface area contributed by atoms with Gasteiger partial charge < -0.3 is 5.11 Å². The van der Waals surface area contributed by atoms with Gasteiger partial charge in [-0.05, 0) is 11.5 Å². The molecule has 26 heavy (non-hydrogen) atoms. The van der Waals surface area contributed by atoms with Crippen LogP contribution in [0.15, 0.2) is 67.1 Å². The first-order chi connectivity index (χ1) is 12.8. The average molecular weight is 361 g/mol. The van der Waals surface area contributed by atoms with Crippen molar-refractivity contribution in [2.45, 2.75) is 41.5 Å². The van der Waals surface area contributed by atoms with Crippen LogP contribution in [-0.2, 0) is 0 Å². The molecule has 0 heterocycles. The standard InChI is InChI=1S/C13H14N6O.3C2H6/c1-14-15-8-16-17-9-18-19-12-7-6-10-4-2-3-5-11(10)13(12)20;3*1-2/h2-7,20H,8-9H2,1H3;3*1-2H3. The second-order valence-electron chi connectivity index (χ2n) is 3.80. The minimum absolute atomic E-state index is 0.0888. The van der Waals surface area contributed by atoms with Gasteiger partial charge in [0, 0.05) is 12.4 Å². The summed E-state index contributed by atoms with van der Waals surface area (Å²) in [6.45, 7) is 12.3. The van der Waals surface area contributed by atoms with E-state index in [1.54, 1.807) is 13.1 Å². The molecule has 0 aliphatic rings. The Kier molecular flexibility index (Phi) is 18.3. The zero-order valence-corrected chi connectivity index (χ0v) is 17.0. The Bertz CT molecular complexity index is 668. The molecule has 144 valence electrons. The largest absolute Gasteiger partial charge is 0.505 e. The van der Waals surface area contributed by atoms with E-state index in [0.29, 0.717) is 5.69 Å². The second-order valence-corrected chi connectivity index (χ2v) is 3.80. The van der Waals surface area contributed by atoms with E-state index < -0.39 is 0 Å². The Balaban J connectivity index is 0. The summed E-state index contributed by atoms with van der Waals surface area (Å²) in [7, 11) is 1.57. The fourth-order valence-corrected chi connectivity index (χ4v) is 1.64. The quantitative estimate of drug-likeness (QED) is 0.563. The minimum atomic E-state index is 0.0888. The molecule has 0 amide bonds. The first kappa shape index (κ1) is 25.5. The predicted octanol–water partition coefficient (Wildman–Crippen LogP) is 7.16. The van der Waals surface area contributed by atoms with Gasteiger partial charge in [-0.3, -0.25) is 0 Å². The lowest BCUT2D eigenvalue weighted by atomic mass is 10.1. The molecule has 0 aliphatic heterocycles. The highest BCUT2D eigenvalue weighted by Crippen LogP contribution is 2.34. The molecule has 0 atom stereocenters. The number of phenolic OH excluding ortho intramolecular Hbond substituents is 1. The minimum Gasteiger partial charge on any atom is -0.505 e. The molecular weight excluding hydrogens is 328 g/mol. The van der Waals surface area contributed by atoms with Crippen molar-refractivity contribution in [3.8, 4) is 5.75 Å². The van der Waals surface area contributed by atoms with Crippen LogP contribution in [0.25, 0.3) is 10.8 Å². The number of hydrogen-bond donors (Lipinski definition) is 1. The van der Waals surface area contributed by atoms with Crippen LogP contribution in [0.4, 0.5) is 5.69 Å². The van der Waals surface area contributed by atoms with E-state index in [4.69, 9.17) is 0 Å². The molecule has 2 rings (SSSR count). The van der Waals surface area contributed by atoms with E-state index in [-0.39, 0.29) is 19.1 Å². The lowest BCUT2D eigenvalue weighted by Gasteiger charge is -2.02. The van der Waals surface area contributed by atoms with Gasteiger partial charge >= 0.3 is 0 Å². The smallest absolute Gasteiger partial charge is 0.171 e. The Morgan fingerprint density at radius 3 is 1.92 bits per heavy atom. The van der Waals surface area contributed by atoms with Gasteiger partial charge in [-0.15, -0.1) is 0 Å². The third-order valence-electron chi connectivity index (χ3n) is 2.55. The summed E-state index contributed by atoms with van der Waals surface area (Å²) in [6.07, 6.45) is 0. The van der Waals surface area contributed by atoms with Gasteiger partial charge in [0.2, 0.25) is 0 Å². The Morgan fingerprint density at radius 1 is 0.731 bits per heavy atom. The van der Waals surface area contributed by atoms with Crippen molar-refractivity contribution >= 4 is 16.5 Å². The third kappa shape index (κ3) is 9.56. The van der Waals surface area contributed by atoms with Crippen LogP contribution in [0, 0.1) is 0 Å². The maximum absolute atomic E-state index is 10.1. The Morgan fingerprint density at radius 2 is 1.31 bits per heavy atom. The first-order valence-electron chi connectivity index (χ1n) is 9.00. The zero-order valence-electron chi connectivity index (χ0n) is 17.0. The molecule has 7 nitrogen and oxygen atoms in total. The van der Waals surface area contributed by atoms with Gasteiger partial charge in [0.1, 0.15) is 5.69 Å². The lowest BCUT2D eigenvalue weighted by molar-refractivity contribution is 0.482. The van der Waals surface area contributed by atoms with Crippen molar-refractivity contribution in [3.63, 3.8) is 0 Å². The molecule has 2 aromatic carbocycles. The summed E-state index contributed by atoms with van der Waals surface area (Å²) in [4.78, 5) is 0. The number of rotatable bonds is 5. The molecule has 0 fully saturated rings. The number of phenols is 1. The Hall–Kier alpha value is -2.70. The van der Waals surface area contributed by atoms with Gasteiger partial charge in [0.15, 0.2) is 19.1 Å². The van der Waals surface area contributed by atoms with Crippen LogP contribution >= 0.6 is 0 Å². The molecule has 0 bridgehead atoms. The van der Waals surface area contributed by atoms with E-state index in [2.05, 4.69) is 30.7 Å². The van der Waals surface area contributed by atoms with Gasteiger partial charge in [0.05, 0.1) is 0 Å². The zero-order chi connectivity index (χ0) is 20.2. The van der Waals surface area contributed by atoms with Crippen molar-refractivity contribution in [1.29, 1.82) is 0 Å². The first-order valence-corrected chi connectivity index (χ1v) is 9.00. The van der Waals surface area contributed by atoms with E-state index in [0.717, 1.165) is 10.8 Å². The highest BCUT2D eigenvalue weighted by atomic mass is 16.3. The number of aromatic hydroxyl groups is 1. The monoisotopic (exact) mass is 360 g/mol. The molecule has 2 aromatic rings. The van der Waals surface area contributed by atoms with Crippen molar-refractivity contribution in [2.75, 3.05) is 20.4 Å². The second kappa shape index (κ2) is 18.6. The summed E-state index contributed by atoms with van der Waals surface area (Å²) in [5.41, 5.74) is 0.409. The summed E-state index contributed by atoms with van der Waals surface area (Å²) < 4.78 is 0. The summed E-state index contributed by atoms with van der Waals surface area (Å²) in [5, 5.41) is 34.2. The van der Waals surface area contributed by atoms with E-state index in [1.165, 1.54) is 0 Å². The molecule has 7 heteroatoms. The van der Waals surface area contributed by atoms with Gasteiger partial charge in [0.25, 0.3) is 0 Å². The number of nitrogens with zero attached hydrogens (tertiary/aromatic N) is 6. The highest BCUT2D eigenvalue weighted by Gasteiger charge is 2.04. The molecule has 0 saturated heterocycles. The van der Waals surface area contributed by atoms with Crippen LogP contribution in [0.1, 0.15) is 41.5 Å². The van der Waals surface area contributed by atoms with Crippen LogP contribution in [0.2, 0.25) is 0 Å². The van der Waals surface area contributed by atoms with Gasteiger partial charge in [-0.1, -0.05) is 71.9 Å². The molecule has 0 saturated carbocycles. The van der Waals surface area contributed by atoms with E-state index in [9.17, 15) is 5.11 Å². The number of azo groups is 3. The normalized spacial score (nSPS) is 10.1. The maximum atomic E-state index is 10.1. The summed E-state index contributed by atoms with van der Waals surface area (Å²) in [6, 6.07) is 11.1. The van der Waals surface area contributed by atoms with Crippen molar-refractivity contribution in [2.24, 2.45) is 30.7 Å². The lowest BCUT2D eigenvalue weighted by Crippen LogP contribution is -1.76. The van der Waals surface area contributed by atoms with Crippen LogP contribution in [0.3, 0.4) is 0 Å². The van der Waals surface area contributed by atoms with Gasteiger partial charge in [-0.25, -0.2) is 0 Å². The number of benzene rings is 2. The fraction of sp³-hybridized carbons (Fsp3) is 0.474. The molecule has 0 aliphatic carbocycles. The third-order valence-corrected chi connectivity index (χ3v) is 2.55. The summed E-state index contributed by atoms with van der Waals surface area (Å²) >= 11 is 0. The SMILES string of the molecule is CC.CC.CC.CN=NCN=NCN=Nc1ccc2ccccc2c1O. The molecular formula is C19H32N6O. The summed E-state index contributed by atoms with van der Waals surface area (Å²) in [5.74, 6) is 0.114. The van der Waals surface area contributed by atoms with Crippen molar-refractivity contribution in [3.05, 3.63) is 36.4 Å². The van der Waals surface area contributed by atoms with Gasteiger partial charge in [-0.2, -0.15) is 30.7 Å². The van der Waals surface area contributed by atoms with Crippen LogP contribution < -0.4 is 0 Å². The molecule has 0 radical (unpaired) electrons. The molecule has 1 N–H and O–H groups in total. The van der Waals surface area contributed by atoms with Crippen LogP contribution in [0.5, 0.6) is 5.75 Å². The molecule has 0 aromatic heterocycles. The number of hydrogen-bond acceptors (Lipinski definition) is 7.